The SMILES string of the molecule is CCCCCOP(=O)(O)CC(C)(C)CP(=O)(O)O. The predicted molar refractivity (Wildman–Crippen MR) is 70.9 cm³/mol. The Balaban J connectivity index is 4.29. The van der Waals surface area contributed by atoms with Gasteiger partial charge < -0.3 is 19.2 Å². The van der Waals surface area contributed by atoms with Gasteiger partial charge in [-0.2, -0.15) is 0 Å². The van der Waals surface area contributed by atoms with Gasteiger partial charge in [0.15, 0.2) is 0 Å². The van der Waals surface area contributed by atoms with E-state index in [1.165, 1.54) is 0 Å². The third-order valence-electron chi connectivity index (χ3n) is 2.30. The summed E-state index contributed by atoms with van der Waals surface area (Å²) in [6, 6.07) is 0. The zero-order valence-corrected chi connectivity index (χ0v) is 13.0. The molecule has 0 aliphatic heterocycles. The molecule has 3 N–H and O–H groups in total. The van der Waals surface area contributed by atoms with Crippen LogP contribution in [-0.4, -0.2) is 33.6 Å². The molecule has 18 heavy (non-hydrogen) atoms. The van der Waals surface area contributed by atoms with E-state index < -0.39 is 26.8 Å². The third-order valence-corrected chi connectivity index (χ3v) is 5.41. The summed E-state index contributed by atoms with van der Waals surface area (Å²) in [5.74, 6) is 0. The van der Waals surface area contributed by atoms with Gasteiger partial charge in [0.25, 0.3) is 0 Å². The lowest BCUT2D eigenvalue weighted by atomic mass is 10.0. The molecule has 1 unspecified atom stereocenters. The summed E-state index contributed by atoms with van der Waals surface area (Å²) in [4.78, 5) is 27.4. The molecule has 0 saturated heterocycles. The molecule has 0 heterocycles. The van der Waals surface area contributed by atoms with Crippen LogP contribution < -0.4 is 0 Å². The lowest BCUT2D eigenvalue weighted by molar-refractivity contribution is 0.241. The van der Waals surface area contributed by atoms with Gasteiger partial charge in [-0.15, -0.1) is 0 Å². The summed E-state index contributed by atoms with van der Waals surface area (Å²) < 4.78 is 27.6. The Labute approximate surface area is 108 Å². The minimum atomic E-state index is -4.20. The van der Waals surface area contributed by atoms with E-state index in [-0.39, 0.29) is 12.8 Å². The summed E-state index contributed by atoms with van der Waals surface area (Å²) in [7, 11) is -7.98. The summed E-state index contributed by atoms with van der Waals surface area (Å²) in [6.07, 6.45) is 1.94. The number of unbranched alkanes of at least 4 members (excludes halogenated alkanes) is 2. The van der Waals surface area contributed by atoms with Crippen molar-refractivity contribution in [2.24, 2.45) is 5.41 Å². The second kappa shape index (κ2) is 7.18. The summed E-state index contributed by atoms with van der Waals surface area (Å²) in [6.45, 7) is 5.31. The van der Waals surface area contributed by atoms with Crippen LogP contribution in [0.3, 0.4) is 0 Å². The zero-order valence-electron chi connectivity index (χ0n) is 11.2. The molecule has 110 valence electrons. The van der Waals surface area contributed by atoms with Crippen LogP contribution in [0.25, 0.3) is 0 Å². The highest BCUT2D eigenvalue weighted by Crippen LogP contribution is 2.51. The van der Waals surface area contributed by atoms with Crippen LogP contribution >= 0.6 is 15.2 Å². The normalized spacial score (nSPS) is 16.6. The zero-order chi connectivity index (χ0) is 14.4. The van der Waals surface area contributed by atoms with Crippen LogP contribution in [0.2, 0.25) is 0 Å². The monoisotopic (exact) mass is 302 g/mol. The first-order valence-electron chi connectivity index (χ1n) is 5.98. The Hall–Kier alpha value is 0.300. The fraction of sp³-hybridized carbons (Fsp3) is 1.00. The minimum Gasteiger partial charge on any atom is -0.324 e. The molecule has 0 saturated carbocycles. The molecule has 0 fully saturated rings. The molecule has 1 atom stereocenters. The van der Waals surface area contributed by atoms with Gasteiger partial charge in [-0.3, -0.25) is 9.13 Å². The highest BCUT2D eigenvalue weighted by Gasteiger charge is 2.35. The highest BCUT2D eigenvalue weighted by atomic mass is 31.2. The number of hydrogen-bond donors (Lipinski definition) is 3. The topological polar surface area (TPSA) is 104 Å². The van der Waals surface area contributed by atoms with Gasteiger partial charge in [-0.25, -0.2) is 0 Å². The van der Waals surface area contributed by atoms with Crippen molar-refractivity contribution in [3.63, 3.8) is 0 Å². The molecule has 0 amide bonds. The Kier molecular flexibility index (Phi) is 7.30. The maximum absolute atomic E-state index is 11.8. The van der Waals surface area contributed by atoms with Crippen molar-refractivity contribution in [2.45, 2.75) is 40.0 Å². The van der Waals surface area contributed by atoms with Crippen molar-refractivity contribution in [2.75, 3.05) is 18.9 Å². The average Bonchev–Trinajstić information content (AvgIpc) is 2.06. The van der Waals surface area contributed by atoms with Crippen molar-refractivity contribution >= 4 is 15.2 Å². The van der Waals surface area contributed by atoms with Gasteiger partial charge in [-0.05, 0) is 11.8 Å². The predicted octanol–water partition coefficient (Wildman–Crippen LogP) is 2.58. The van der Waals surface area contributed by atoms with Gasteiger partial charge in [-0.1, -0.05) is 33.6 Å². The van der Waals surface area contributed by atoms with E-state index in [4.69, 9.17) is 14.3 Å². The van der Waals surface area contributed by atoms with Crippen molar-refractivity contribution in [1.29, 1.82) is 0 Å². The average molecular weight is 302 g/mol. The highest BCUT2D eigenvalue weighted by molar-refractivity contribution is 7.53. The molecule has 0 radical (unpaired) electrons. The Morgan fingerprint density at radius 1 is 1.06 bits per heavy atom. The van der Waals surface area contributed by atoms with Crippen molar-refractivity contribution < 1.29 is 28.3 Å². The quantitative estimate of drug-likeness (QED) is 0.446. The van der Waals surface area contributed by atoms with Gasteiger partial charge in [0.05, 0.1) is 18.9 Å². The van der Waals surface area contributed by atoms with E-state index in [1.54, 1.807) is 13.8 Å². The molecule has 8 heteroatoms. The second-order valence-electron chi connectivity index (χ2n) is 5.32. The lowest BCUT2D eigenvalue weighted by Crippen LogP contribution is -2.22. The molecule has 0 rings (SSSR count). The molecular weight excluding hydrogens is 278 g/mol. The van der Waals surface area contributed by atoms with Crippen molar-refractivity contribution in [3.8, 4) is 0 Å². The van der Waals surface area contributed by atoms with Gasteiger partial charge >= 0.3 is 15.2 Å². The third kappa shape index (κ3) is 10.2. The minimum absolute atomic E-state index is 0.202. The van der Waals surface area contributed by atoms with E-state index in [2.05, 4.69) is 0 Å². The van der Waals surface area contributed by atoms with Crippen LogP contribution in [0, 0.1) is 5.41 Å². The molecule has 0 aliphatic rings. The van der Waals surface area contributed by atoms with E-state index in [9.17, 15) is 14.0 Å². The fourth-order valence-electron chi connectivity index (χ4n) is 1.75. The van der Waals surface area contributed by atoms with Crippen LogP contribution in [0.4, 0.5) is 0 Å². The Bertz CT molecular complexity index is 335. The first kappa shape index (κ1) is 18.3. The van der Waals surface area contributed by atoms with Gasteiger partial charge in [0.2, 0.25) is 0 Å². The molecule has 0 aromatic rings. The number of rotatable bonds is 9. The van der Waals surface area contributed by atoms with Crippen molar-refractivity contribution in [1.82, 2.24) is 0 Å². The maximum Gasteiger partial charge on any atom is 0.328 e. The molecule has 6 nitrogen and oxygen atoms in total. The molecule has 0 aromatic heterocycles. The first-order valence-corrected chi connectivity index (χ1v) is 9.54. The molecule has 0 spiro atoms. The summed E-state index contributed by atoms with van der Waals surface area (Å²) >= 11 is 0. The molecular formula is C10H24O6P2. The van der Waals surface area contributed by atoms with Crippen LogP contribution in [0.5, 0.6) is 0 Å². The van der Waals surface area contributed by atoms with Crippen LogP contribution in [0.1, 0.15) is 40.0 Å². The maximum atomic E-state index is 11.8. The molecule has 0 aliphatic carbocycles. The van der Waals surface area contributed by atoms with Crippen LogP contribution in [-0.2, 0) is 13.7 Å². The Morgan fingerprint density at radius 3 is 2.06 bits per heavy atom. The lowest BCUT2D eigenvalue weighted by Gasteiger charge is -2.26. The Morgan fingerprint density at radius 2 is 1.61 bits per heavy atom. The smallest absolute Gasteiger partial charge is 0.324 e. The van der Waals surface area contributed by atoms with Crippen molar-refractivity contribution in [3.05, 3.63) is 0 Å². The fourth-order valence-corrected chi connectivity index (χ4v) is 4.86. The second-order valence-corrected chi connectivity index (χ2v) is 8.82. The molecule has 0 aromatic carbocycles. The van der Waals surface area contributed by atoms with Gasteiger partial charge in [0, 0.05) is 0 Å². The standard InChI is InChI=1S/C10H24O6P2/c1-4-5-6-7-16-18(14,15)9-10(2,3)8-17(11,12)13/h4-9H2,1-3H3,(H,14,15)(H2,11,12,13). The van der Waals surface area contributed by atoms with E-state index in [1.807, 2.05) is 6.92 Å². The largest absolute Gasteiger partial charge is 0.328 e. The van der Waals surface area contributed by atoms with E-state index >= 15 is 0 Å². The van der Waals surface area contributed by atoms with E-state index in [0.29, 0.717) is 6.42 Å². The van der Waals surface area contributed by atoms with E-state index in [0.717, 1.165) is 12.8 Å². The molecule has 0 bridgehead atoms. The van der Waals surface area contributed by atoms with Crippen LogP contribution in [0.15, 0.2) is 0 Å². The summed E-state index contributed by atoms with van der Waals surface area (Å²) in [5, 5.41) is 0. The number of hydrogen-bond acceptors (Lipinski definition) is 3. The summed E-state index contributed by atoms with van der Waals surface area (Å²) in [5.41, 5.74) is -0.936. The van der Waals surface area contributed by atoms with Gasteiger partial charge in [0.1, 0.15) is 0 Å². The first-order chi connectivity index (χ1) is 7.97.